The van der Waals surface area contributed by atoms with Gasteiger partial charge in [0, 0.05) is 37.1 Å². The molecule has 0 saturated carbocycles. The van der Waals surface area contributed by atoms with Crippen LogP contribution in [0.2, 0.25) is 0 Å². The van der Waals surface area contributed by atoms with Crippen molar-refractivity contribution in [3.63, 3.8) is 0 Å². The Balaban J connectivity index is 1.90. The van der Waals surface area contributed by atoms with Crippen LogP contribution in [-0.4, -0.2) is 54.2 Å². The summed E-state index contributed by atoms with van der Waals surface area (Å²) in [6.07, 6.45) is 0.551. The molecule has 5 heteroatoms. The van der Waals surface area contributed by atoms with Gasteiger partial charge in [0.25, 0.3) is 0 Å². The molecule has 24 heavy (non-hydrogen) atoms. The highest BCUT2D eigenvalue weighted by molar-refractivity contribution is 5.83. The second-order valence-corrected chi connectivity index (χ2v) is 7.17. The minimum atomic E-state index is -0.372. The number of benzene rings is 1. The van der Waals surface area contributed by atoms with Crippen LogP contribution in [0, 0.1) is 13.8 Å². The molecule has 0 unspecified atom stereocenters. The number of likely N-dealkylation sites (N-methyl/N-ethyl adjacent to an activating group) is 1. The molecule has 0 radical (unpaired) electrons. The Hall–Kier alpha value is -1.69. The largest absolute Gasteiger partial charge is 0.422 e. The van der Waals surface area contributed by atoms with E-state index < -0.39 is 0 Å². The maximum Gasteiger partial charge on any atom is 0.336 e. The summed E-state index contributed by atoms with van der Waals surface area (Å²) >= 11 is 0. The first-order valence-corrected chi connectivity index (χ1v) is 8.46. The second-order valence-electron chi connectivity index (χ2n) is 7.17. The van der Waals surface area contributed by atoms with Gasteiger partial charge in [-0.3, -0.25) is 4.90 Å². The molecule has 1 N–H and O–H groups in total. The Bertz CT molecular complexity index is 797. The molecule has 1 saturated heterocycles. The molecule has 0 spiro atoms. The Morgan fingerprint density at radius 1 is 1.29 bits per heavy atom. The summed E-state index contributed by atoms with van der Waals surface area (Å²) in [5, 5.41) is 11.4. The van der Waals surface area contributed by atoms with Gasteiger partial charge in [0.05, 0.1) is 6.10 Å². The van der Waals surface area contributed by atoms with E-state index >= 15 is 0 Å². The van der Waals surface area contributed by atoms with E-state index in [0.717, 1.165) is 35.0 Å². The highest BCUT2D eigenvalue weighted by atomic mass is 16.4. The van der Waals surface area contributed by atoms with E-state index in [2.05, 4.69) is 15.9 Å². The van der Waals surface area contributed by atoms with Gasteiger partial charge in [-0.2, -0.15) is 0 Å². The Morgan fingerprint density at radius 3 is 2.71 bits per heavy atom. The topological polar surface area (TPSA) is 56.9 Å². The summed E-state index contributed by atoms with van der Waals surface area (Å²) in [5.74, 6) is 0. The lowest BCUT2D eigenvalue weighted by Crippen LogP contribution is -2.51. The summed E-state index contributed by atoms with van der Waals surface area (Å²) in [4.78, 5) is 16.3. The lowest BCUT2D eigenvalue weighted by Gasteiger charge is -2.39. The van der Waals surface area contributed by atoms with E-state index in [0.29, 0.717) is 18.7 Å². The van der Waals surface area contributed by atoms with E-state index in [1.807, 2.05) is 34.0 Å². The van der Waals surface area contributed by atoms with Gasteiger partial charge in [-0.15, -0.1) is 0 Å². The number of aliphatic hydroxyl groups excluding tert-OH is 1. The molecule has 1 aromatic heterocycles. The average Bonchev–Trinajstić information content (AvgIpc) is 2.48. The minimum Gasteiger partial charge on any atom is -0.422 e. The lowest BCUT2D eigenvalue weighted by atomic mass is 9.99. The van der Waals surface area contributed by atoms with Gasteiger partial charge in [0.15, 0.2) is 0 Å². The molecular formula is C19H26N2O3. The molecule has 2 atom stereocenters. The number of nitrogens with zero attached hydrogens (tertiary/aromatic N) is 2. The Morgan fingerprint density at radius 2 is 2.04 bits per heavy atom. The number of hydrogen-bond donors (Lipinski definition) is 1. The summed E-state index contributed by atoms with van der Waals surface area (Å²) in [6.45, 7) is 6.20. The average molecular weight is 330 g/mol. The van der Waals surface area contributed by atoms with Crippen molar-refractivity contribution in [2.45, 2.75) is 39.0 Å². The molecule has 130 valence electrons. The van der Waals surface area contributed by atoms with Gasteiger partial charge in [-0.05, 0) is 57.1 Å². The number of piperidine rings is 1. The molecule has 1 aromatic carbocycles. The van der Waals surface area contributed by atoms with Gasteiger partial charge in [-0.25, -0.2) is 4.79 Å². The third-order valence-electron chi connectivity index (χ3n) is 4.95. The van der Waals surface area contributed by atoms with Crippen molar-refractivity contribution >= 4 is 11.0 Å². The van der Waals surface area contributed by atoms with Crippen LogP contribution in [0.3, 0.4) is 0 Å². The van der Waals surface area contributed by atoms with Gasteiger partial charge in [0.2, 0.25) is 0 Å². The fourth-order valence-corrected chi connectivity index (χ4v) is 3.78. The summed E-state index contributed by atoms with van der Waals surface area (Å²) in [5.41, 5.74) is 3.47. The van der Waals surface area contributed by atoms with Gasteiger partial charge < -0.3 is 14.4 Å². The molecule has 1 aliphatic rings. The molecule has 0 amide bonds. The van der Waals surface area contributed by atoms with Crippen LogP contribution < -0.4 is 5.63 Å². The molecule has 3 rings (SSSR count). The zero-order chi connectivity index (χ0) is 17.4. The first-order chi connectivity index (χ1) is 11.3. The van der Waals surface area contributed by atoms with Crippen LogP contribution in [0.1, 0.15) is 23.1 Å². The normalized spacial score (nSPS) is 22.4. The number of likely N-dealkylation sites (tertiary alicyclic amines) is 1. The maximum absolute atomic E-state index is 11.9. The molecule has 1 aliphatic heterocycles. The molecule has 0 aliphatic carbocycles. The fourth-order valence-electron chi connectivity index (χ4n) is 3.78. The highest BCUT2D eigenvalue weighted by Gasteiger charge is 2.29. The third kappa shape index (κ3) is 3.38. The van der Waals surface area contributed by atoms with Crippen LogP contribution in [-0.2, 0) is 6.54 Å². The van der Waals surface area contributed by atoms with Crippen molar-refractivity contribution in [1.29, 1.82) is 0 Å². The number of aliphatic hydroxyl groups is 1. The lowest BCUT2D eigenvalue weighted by molar-refractivity contribution is 0.00166. The first-order valence-electron chi connectivity index (χ1n) is 8.46. The molecular weight excluding hydrogens is 304 g/mol. The quantitative estimate of drug-likeness (QED) is 0.871. The van der Waals surface area contributed by atoms with Crippen LogP contribution >= 0.6 is 0 Å². The van der Waals surface area contributed by atoms with Crippen molar-refractivity contribution in [2.24, 2.45) is 0 Å². The van der Waals surface area contributed by atoms with Gasteiger partial charge >= 0.3 is 5.63 Å². The van der Waals surface area contributed by atoms with Crippen molar-refractivity contribution in [3.8, 4) is 0 Å². The number of β-amino-alcohol motifs (C(OH)–C–C–N with tert-alkyl or cyclic N) is 1. The highest BCUT2D eigenvalue weighted by Crippen LogP contribution is 2.25. The smallest absolute Gasteiger partial charge is 0.336 e. The van der Waals surface area contributed by atoms with Gasteiger partial charge in [0.1, 0.15) is 5.58 Å². The van der Waals surface area contributed by atoms with Crippen LogP contribution in [0.15, 0.2) is 27.4 Å². The minimum absolute atomic E-state index is 0.198. The van der Waals surface area contributed by atoms with Crippen molar-refractivity contribution in [2.75, 3.05) is 27.2 Å². The first kappa shape index (κ1) is 17.1. The maximum atomic E-state index is 11.9. The predicted molar refractivity (Wildman–Crippen MR) is 95.3 cm³/mol. The second kappa shape index (κ2) is 6.67. The summed E-state index contributed by atoms with van der Waals surface area (Å²) < 4.78 is 5.42. The van der Waals surface area contributed by atoms with Gasteiger partial charge in [-0.1, -0.05) is 6.07 Å². The predicted octanol–water partition coefficient (Wildman–Crippen LogP) is 1.91. The standard InChI is InChI=1S/C19H26N2O3/c1-12-7-13(2)19-15(8-12)14(9-18(23)24-19)10-21-6-5-16(20(3)4)17(22)11-21/h7-9,16-17,22H,5-6,10-11H2,1-4H3/t16-,17-/m0/s1. The number of aryl methyl sites for hydroxylation is 2. The monoisotopic (exact) mass is 330 g/mol. The zero-order valence-electron chi connectivity index (χ0n) is 14.9. The molecule has 2 heterocycles. The van der Waals surface area contributed by atoms with Crippen molar-refractivity contribution < 1.29 is 9.52 Å². The van der Waals surface area contributed by atoms with Crippen LogP contribution in [0.5, 0.6) is 0 Å². The van der Waals surface area contributed by atoms with E-state index in [1.54, 1.807) is 6.07 Å². The van der Waals surface area contributed by atoms with E-state index in [1.165, 1.54) is 0 Å². The molecule has 0 bridgehead atoms. The summed E-state index contributed by atoms with van der Waals surface area (Å²) in [6, 6.07) is 5.89. The molecule has 1 fully saturated rings. The molecule has 2 aromatic rings. The van der Waals surface area contributed by atoms with E-state index in [-0.39, 0.29) is 17.8 Å². The van der Waals surface area contributed by atoms with Crippen molar-refractivity contribution in [3.05, 3.63) is 45.3 Å². The number of rotatable bonds is 3. The van der Waals surface area contributed by atoms with Crippen LogP contribution in [0.25, 0.3) is 11.0 Å². The Labute approximate surface area is 142 Å². The van der Waals surface area contributed by atoms with E-state index in [9.17, 15) is 9.90 Å². The Kier molecular flexibility index (Phi) is 4.76. The van der Waals surface area contributed by atoms with E-state index in [4.69, 9.17) is 4.42 Å². The fraction of sp³-hybridized carbons (Fsp3) is 0.526. The SMILES string of the molecule is Cc1cc(C)c2oc(=O)cc(CN3CC[C@H](N(C)C)[C@@H](O)C3)c2c1. The number of hydrogen-bond acceptors (Lipinski definition) is 5. The van der Waals surface area contributed by atoms with Crippen molar-refractivity contribution in [1.82, 2.24) is 9.80 Å². The third-order valence-corrected chi connectivity index (χ3v) is 4.95. The summed E-state index contributed by atoms with van der Waals surface area (Å²) in [7, 11) is 4.01. The zero-order valence-corrected chi connectivity index (χ0v) is 14.9. The number of fused-ring (bicyclic) bond motifs is 1. The van der Waals surface area contributed by atoms with Crippen LogP contribution in [0.4, 0.5) is 0 Å². The molecule has 5 nitrogen and oxygen atoms in total.